The minimum atomic E-state index is -1.01. The molecule has 2 aliphatic rings. The van der Waals surface area contributed by atoms with Gasteiger partial charge in [-0.15, -0.1) is 0 Å². The smallest absolute Gasteiger partial charge is 0.305 e. The molecule has 42 heavy (non-hydrogen) atoms. The second-order valence-electron chi connectivity index (χ2n) is 10.7. The molecule has 2 aliphatic carbocycles. The Morgan fingerprint density at radius 2 is 2.07 bits per heavy atom. The van der Waals surface area contributed by atoms with Gasteiger partial charge in [-0.2, -0.15) is 5.26 Å². The molecule has 0 fully saturated rings. The molecule has 1 heterocycles. The van der Waals surface area contributed by atoms with Gasteiger partial charge in [0.2, 0.25) is 0 Å². The predicted octanol–water partition coefficient (Wildman–Crippen LogP) is 6.13. The first-order chi connectivity index (χ1) is 20.4. The van der Waals surface area contributed by atoms with Crippen LogP contribution in [0.4, 0.5) is 0 Å². The number of fused-ring (bicyclic) bond motifs is 1. The lowest BCUT2D eigenvalue weighted by molar-refractivity contribution is -0.137. The number of allylic oxidation sites excluding steroid dienone is 2. The summed E-state index contributed by atoms with van der Waals surface area (Å²) in [6.45, 7) is 0.0406. The fourth-order valence-electron chi connectivity index (χ4n) is 5.67. The molecule has 8 nitrogen and oxygen atoms in total. The molecule has 3 N–H and O–H groups in total. The van der Waals surface area contributed by atoms with Gasteiger partial charge < -0.3 is 25.0 Å². The van der Waals surface area contributed by atoms with Gasteiger partial charge >= 0.3 is 5.97 Å². The average Bonchev–Trinajstić information content (AvgIpc) is 3.42. The maximum absolute atomic E-state index is 11.2. The Bertz CT molecular complexity index is 1520. The number of carbonyl (C=O) groups is 1. The van der Waals surface area contributed by atoms with Crippen molar-refractivity contribution in [3.05, 3.63) is 93.3 Å². The standard InChI is InChI=1S/C33H34ClN3O5/c34-29-12-24(18-37-25(19-38)13-33(39)40)31(41-20-22-11-21(15-35)16-36-17-22)14-32(29)42-30-10-9-27-26(7-4-8-28(27)30)23-5-2-1-3-6-23/h4-5,7-8,11-12,14,16-17,25,30,37-38H,1-3,6,9-10,13,18-20H2,(H,39,40)/t25-,30+/m1/s1. The largest absolute Gasteiger partial charge is 0.488 e. The van der Waals surface area contributed by atoms with Crippen LogP contribution >= 0.6 is 11.6 Å². The van der Waals surface area contributed by atoms with Crippen molar-refractivity contribution < 1.29 is 24.5 Å². The summed E-state index contributed by atoms with van der Waals surface area (Å²) in [6, 6.07) is 13.1. The van der Waals surface area contributed by atoms with E-state index in [9.17, 15) is 15.2 Å². The van der Waals surface area contributed by atoms with Crippen LogP contribution in [0.15, 0.2) is 54.9 Å². The van der Waals surface area contributed by atoms with Gasteiger partial charge in [-0.3, -0.25) is 9.78 Å². The first kappa shape index (κ1) is 29.6. The Labute approximate surface area is 250 Å². The number of ether oxygens (including phenoxy) is 2. The number of hydrogen-bond donors (Lipinski definition) is 3. The summed E-state index contributed by atoms with van der Waals surface area (Å²) < 4.78 is 12.7. The van der Waals surface area contributed by atoms with Crippen molar-refractivity contribution in [2.75, 3.05) is 6.61 Å². The summed E-state index contributed by atoms with van der Waals surface area (Å²) in [4.78, 5) is 15.3. The number of halogens is 1. The van der Waals surface area contributed by atoms with Crippen molar-refractivity contribution in [1.82, 2.24) is 10.3 Å². The number of aliphatic carboxylic acids is 1. The number of nitrogens with zero attached hydrogens (tertiary/aromatic N) is 2. The first-order valence-electron chi connectivity index (χ1n) is 14.3. The maximum Gasteiger partial charge on any atom is 0.305 e. The number of benzene rings is 2. The van der Waals surface area contributed by atoms with Gasteiger partial charge in [-0.05, 0) is 72.9 Å². The Morgan fingerprint density at radius 3 is 2.83 bits per heavy atom. The third kappa shape index (κ3) is 7.11. The highest BCUT2D eigenvalue weighted by molar-refractivity contribution is 6.32. The van der Waals surface area contributed by atoms with Crippen LogP contribution in [-0.4, -0.2) is 33.8 Å². The molecule has 3 aromatic rings. The highest BCUT2D eigenvalue weighted by atomic mass is 35.5. The van der Waals surface area contributed by atoms with E-state index in [0.717, 1.165) is 31.2 Å². The fraction of sp³-hybridized carbons (Fsp3) is 0.364. The molecule has 0 bridgehead atoms. The first-order valence-corrected chi connectivity index (χ1v) is 14.7. The van der Waals surface area contributed by atoms with Crippen molar-refractivity contribution in [1.29, 1.82) is 5.26 Å². The van der Waals surface area contributed by atoms with Crippen LogP contribution in [0.2, 0.25) is 5.02 Å². The Hall–Kier alpha value is -3.90. The summed E-state index contributed by atoms with van der Waals surface area (Å²) in [5, 5.41) is 31.5. The van der Waals surface area contributed by atoms with Crippen LogP contribution in [0.25, 0.3) is 5.57 Å². The SMILES string of the molecule is N#Cc1cncc(COc2cc(O[C@H]3CCc4c(C5=CCCCC5)cccc43)c(Cl)cc2CN[C@@H](CO)CC(=O)O)c1. The van der Waals surface area contributed by atoms with E-state index in [1.54, 1.807) is 24.4 Å². The van der Waals surface area contributed by atoms with E-state index in [1.807, 2.05) is 0 Å². The lowest BCUT2D eigenvalue weighted by atomic mass is 9.89. The van der Waals surface area contributed by atoms with Crippen molar-refractivity contribution in [3.63, 3.8) is 0 Å². The molecule has 0 saturated heterocycles. The van der Waals surface area contributed by atoms with Gasteiger partial charge in [0.25, 0.3) is 0 Å². The van der Waals surface area contributed by atoms with Crippen molar-refractivity contribution >= 4 is 23.1 Å². The summed E-state index contributed by atoms with van der Waals surface area (Å²) in [6.07, 6.45) is 11.6. The van der Waals surface area contributed by atoms with Gasteiger partial charge in [0, 0.05) is 42.2 Å². The zero-order chi connectivity index (χ0) is 29.5. The van der Waals surface area contributed by atoms with E-state index >= 15 is 0 Å². The zero-order valence-corrected chi connectivity index (χ0v) is 24.1. The number of aromatic nitrogens is 1. The second kappa shape index (κ2) is 13.8. The number of aliphatic hydroxyl groups excluding tert-OH is 1. The minimum absolute atomic E-state index is 0.149. The topological polar surface area (TPSA) is 125 Å². The highest BCUT2D eigenvalue weighted by Crippen LogP contribution is 2.43. The Kier molecular flexibility index (Phi) is 9.75. The summed E-state index contributed by atoms with van der Waals surface area (Å²) in [7, 11) is 0. The zero-order valence-electron chi connectivity index (χ0n) is 23.3. The highest BCUT2D eigenvalue weighted by Gasteiger charge is 2.28. The van der Waals surface area contributed by atoms with Gasteiger partial charge in [0.15, 0.2) is 0 Å². The normalized spacial score (nSPS) is 16.7. The fourth-order valence-corrected chi connectivity index (χ4v) is 5.90. The van der Waals surface area contributed by atoms with E-state index in [2.05, 4.69) is 40.6 Å². The number of nitriles is 1. The maximum atomic E-state index is 11.2. The number of rotatable bonds is 12. The number of hydrogen-bond acceptors (Lipinski definition) is 7. The van der Waals surface area contributed by atoms with Crippen LogP contribution < -0.4 is 14.8 Å². The number of pyridine rings is 1. The summed E-state index contributed by atoms with van der Waals surface area (Å²) in [5.74, 6) is -0.0243. The van der Waals surface area contributed by atoms with Gasteiger partial charge in [-0.1, -0.05) is 35.9 Å². The molecule has 0 spiro atoms. The molecule has 0 unspecified atom stereocenters. The van der Waals surface area contributed by atoms with Crippen LogP contribution in [-0.2, 0) is 24.4 Å². The molecule has 5 rings (SSSR count). The van der Waals surface area contributed by atoms with E-state index in [-0.39, 0.29) is 32.3 Å². The van der Waals surface area contributed by atoms with Gasteiger partial charge in [-0.25, -0.2) is 0 Å². The van der Waals surface area contributed by atoms with Crippen LogP contribution in [0.1, 0.15) is 78.0 Å². The molecular formula is C33H34ClN3O5. The van der Waals surface area contributed by atoms with Crippen LogP contribution in [0, 0.1) is 11.3 Å². The van der Waals surface area contributed by atoms with E-state index in [4.69, 9.17) is 26.2 Å². The molecule has 0 radical (unpaired) electrons. The van der Waals surface area contributed by atoms with E-state index < -0.39 is 12.0 Å². The lowest BCUT2D eigenvalue weighted by Crippen LogP contribution is -2.34. The van der Waals surface area contributed by atoms with Crippen LogP contribution in [0.5, 0.6) is 11.5 Å². The molecule has 9 heteroatoms. The minimum Gasteiger partial charge on any atom is -0.488 e. The lowest BCUT2D eigenvalue weighted by Gasteiger charge is -2.21. The van der Waals surface area contributed by atoms with E-state index in [0.29, 0.717) is 27.6 Å². The number of nitrogens with one attached hydrogen (secondary N) is 1. The van der Waals surface area contributed by atoms with Crippen LogP contribution in [0.3, 0.4) is 0 Å². The number of carboxylic acid groups (broad SMARTS) is 1. The molecule has 218 valence electrons. The Morgan fingerprint density at radius 1 is 1.19 bits per heavy atom. The Balaban J connectivity index is 1.40. The molecule has 0 saturated carbocycles. The molecule has 2 atom stereocenters. The third-order valence-electron chi connectivity index (χ3n) is 7.78. The molecule has 0 aliphatic heterocycles. The van der Waals surface area contributed by atoms with Crippen molar-refractivity contribution in [2.45, 2.75) is 70.2 Å². The third-order valence-corrected chi connectivity index (χ3v) is 8.07. The molecule has 0 amide bonds. The molecule has 2 aromatic carbocycles. The quantitative estimate of drug-likeness (QED) is 0.231. The van der Waals surface area contributed by atoms with Crippen molar-refractivity contribution in [3.8, 4) is 17.6 Å². The van der Waals surface area contributed by atoms with Crippen molar-refractivity contribution in [2.24, 2.45) is 0 Å². The number of aliphatic hydroxyl groups is 1. The van der Waals surface area contributed by atoms with Gasteiger partial charge in [0.05, 0.1) is 23.6 Å². The summed E-state index contributed by atoms with van der Waals surface area (Å²) >= 11 is 6.74. The van der Waals surface area contributed by atoms with Gasteiger partial charge in [0.1, 0.15) is 30.3 Å². The van der Waals surface area contributed by atoms with E-state index in [1.165, 1.54) is 41.3 Å². The monoisotopic (exact) mass is 587 g/mol. The second-order valence-corrected chi connectivity index (χ2v) is 11.1. The molecule has 1 aromatic heterocycles. The summed E-state index contributed by atoms with van der Waals surface area (Å²) in [5.41, 5.74) is 7.13. The predicted molar refractivity (Wildman–Crippen MR) is 159 cm³/mol. The number of carboxylic acids is 1. The molecular weight excluding hydrogens is 554 g/mol. The average molecular weight is 588 g/mol.